The van der Waals surface area contributed by atoms with Crippen LogP contribution in [0.3, 0.4) is 0 Å². The molecule has 2 aromatic rings. The number of fused-ring (bicyclic) bond motifs is 1. The van der Waals surface area contributed by atoms with Gasteiger partial charge in [0, 0.05) is 11.0 Å². The summed E-state index contributed by atoms with van der Waals surface area (Å²) in [6.07, 6.45) is 8.03. The molecule has 0 bridgehead atoms. The number of ether oxygens (including phenoxy) is 3. The number of amides is 1. The zero-order valence-corrected chi connectivity index (χ0v) is 19.8. The highest BCUT2D eigenvalue weighted by Gasteiger charge is 2.28. The van der Waals surface area contributed by atoms with Crippen LogP contribution < -0.4 is 14.8 Å². The number of hydrogen-bond acceptors (Lipinski definition) is 6. The molecule has 1 N–H and O–H groups in total. The van der Waals surface area contributed by atoms with Crippen LogP contribution in [0.1, 0.15) is 66.4 Å². The van der Waals surface area contributed by atoms with Crippen molar-refractivity contribution in [2.24, 2.45) is 0 Å². The third-order valence-electron chi connectivity index (χ3n) is 5.09. The molecule has 1 aromatic heterocycles. The standard InChI is InChI=1S/C25H31NO5S/c1-4-7-15-31-19-13-11-17(16-20(19)29-5-2)12-14-22(27)26-24-23(25(28)30-6-3)18-9-8-10-21(18)32-24/h11-14,16H,4-10,15H2,1-3H3,(H,26,27)/b14-12+. The van der Waals surface area contributed by atoms with Gasteiger partial charge in [-0.2, -0.15) is 0 Å². The fraction of sp³-hybridized carbons (Fsp3) is 0.440. The van der Waals surface area contributed by atoms with Gasteiger partial charge in [-0.05, 0) is 68.9 Å². The first-order valence-corrected chi connectivity index (χ1v) is 12.1. The third-order valence-corrected chi connectivity index (χ3v) is 6.30. The largest absolute Gasteiger partial charge is 0.490 e. The average Bonchev–Trinajstić information content (AvgIpc) is 3.35. The molecule has 172 valence electrons. The van der Waals surface area contributed by atoms with Gasteiger partial charge in [-0.15, -0.1) is 11.3 Å². The van der Waals surface area contributed by atoms with Gasteiger partial charge in [0.05, 0.1) is 25.4 Å². The molecule has 0 aliphatic heterocycles. The summed E-state index contributed by atoms with van der Waals surface area (Å²) >= 11 is 1.47. The highest BCUT2D eigenvalue weighted by atomic mass is 32.1. The first-order chi connectivity index (χ1) is 15.6. The van der Waals surface area contributed by atoms with E-state index in [-0.39, 0.29) is 11.9 Å². The smallest absolute Gasteiger partial charge is 0.341 e. The van der Waals surface area contributed by atoms with Crippen molar-refractivity contribution in [3.8, 4) is 11.5 Å². The van der Waals surface area contributed by atoms with Crippen molar-refractivity contribution in [3.05, 3.63) is 45.8 Å². The molecular weight excluding hydrogens is 426 g/mol. The van der Waals surface area contributed by atoms with Gasteiger partial charge < -0.3 is 19.5 Å². The molecule has 1 aliphatic rings. The van der Waals surface area contributed by atoms with Crippen molar-refractivity contribution < 1.29 is 23.8 Å². The Morgan fingerprint density at radius 3 is 2.69 bits per heavy atom. The van der Waals surface area contributed by atoms with Gasteiger partial charge >= 0.3 is 5.97 Å². The van der Waals surface area contributed by atoms with Crippen LogP contribution in [0.25, 0.3) is 6.08 Å². The maximum Gasteiger partial charge on any atom is 0.341 e. The number of carbonyl (C=O) groups is 2. The van der Waals surface area contributed by atoms with Crippen molar-refractivity contribution in [3.63, 3.8) is 0 Å². The van der Waals surface area contributed by atoms with E-state index >= 15 is 0 Å². The summed E-state index contributed by atoms with van der Waals surface area (Å²) in [5.74, 6) is 0.697. The molecule has 0 atom stereocenters. The predicted octanol–water partition coefficient (Wildman–Crippen LogP) is 5.64. The highest BCUT2D eigenvalue weighted by Crippen LogP contribution is 2.39. The number of carbonyl (C=O) groups excluding carboxylic acids is 2. The number of anilines is 1. The van der Waals surface area contributed by atoms with Crippen molar-refractivity contribution in [2.75, 3.05) is 25.1 Å². The Morgan fingerprint density at radius 1 is 1.09 bits per heavy atom. The van der Waals surface area contributed by atoms with E-state index in [9.17, 15) is 9.59 Å². The fourth-order valence-electron chi connectivity index (χ4n) is 3.58. The second kappa shape index (κ2) is 11.7. The Morgan fingerprint density at radius 2 is 1.94 bits per heavy atom. The molecule has 7 heteroatoms. The van der Waals surface area contributed by atoms with Crippen LogP contribution in [0.5, 0.6) is 11.5 Å². The van der Waals surface area contributed by atoms with E-state index in [0.717, 1.165) is 48.1 Å². The molecule has 0 unspecified atom stereocenters. The van der Waals surface area contributed by atoms with Gasteiger partial charge in [-0.25, -0.2) is 4.79 Å². The molecule has 0 radical (unpaired) electrons. The van der Waals surface area contributed by atoms with Gasteiger partial charge in [0.25, 0.3) is 0 Å². The molecule has 0 spiro atoms. The number of hydrogen-bond donors (Lipinski definition) is 1. The molecule has 6 nitrogen and oxygen atoms in total. The molecule has 0 saturated carbocycles. The van der Waals surface area contributed by atoms with Crippen molar-refractivity contribution in [1.29, 1.82) is 0 Å². The van der Waals surface area contributed by atoms with Crippen molar-refractivity contribution in [1.82, 2.24) is 0 Å². The van der Waals surface area contributed by atoms with E-state index in [1.807, 2.05) is 25.1 Å². The molecule has 1 aromatic carbocycles. The van der Waals surface area contributed by atoms with Crippen LogP contribution in [-0.2, 0) is 22.4 Å². The Hall–Kier alpha value is -2.80. The Balaban J connectivity index is 1.72. The predicted molar refractivity (Wildman–Crippen MR) is 128 cm³/mol. The van der Waals surface area contributed by atoms with E-state index in [1.54, 1.807) is 13.0 Å². The number of esters is 1. The lowest BCUT2D eigenvalue weighted by molar-refractivity contribution is -0.111. The summed E-state index contributed by atoms with van der Waals surface area (Å²) in [4.78, 5) is 26.2. The monoisotopic (exact) mass is 457 g/mol. The molecule has 0 fully saturated rings. The summed E-state index contributed by atoms with van der Waals surface area (Å²) in [5.41, 5.74) is 2.36. The summed E-state index contributed by atoms with van der Waals surface area (Å²) in [6, 6.07) is 5.61. The minimum atomic E-state index is -0.369. The molecule has 3 rings (SSSR count). The van der Waals surface area contributed by atoms with Gasteiger partial charge in [-0.3, -0.25) is 4.79 Å². The molecule has 32 heavy (non-hydrogen) atoms. The summed E-state index contributed by atoms with van der Waals surface area (Å²) in [5, 5.41) is 3.44. The SMILES string of the molecule is CCCCOc1ccc(/C=C/C(=O)Nc2sc3c(c2C(=O)OCC)CCC3)cc1OCC. The van der Waals surface area contributed by atoms with Crippen LogP contribution >= 0.6 is 11.3 Å². The first-order valence-electron chi connectivity index (χ1n) is 11.3. The minimum absolute atomic E-state index is 0.295. The van der Waals surface area contributed by atoms with Gasteiger partial charge in [0.1, 0.15) is 5.00 Å². The maximum absolute atomic E-state index is 12.6. The van der Waals surface area contributed by atoms with Crippen molar-refractivity contribution >= 4 is 34.3 Å². The van der Waals surface area contributed by atoms with E-state index < -0.39 is 0 Å². The van der Waals surface area contributed by atoms with Crippen LogP contribution in [0.4, 0.5) is 5.00 Å². The Bertz CT molecular complexity index is 979. The van der Waals surface area contributed by atoms with Crippen molar-refractivity contribution in [2.45, 2.75) is 52.9 Å². The van der Waals surface area contributed by atoms with E-state index in [2.05, 4.69) is 12.2 Å². The van der Waals surface area contributed by atoms with Crippen LogP contribution in [0, 0.1) is 0 Å². The minimum Gasteiger partial charge on any atom is -0.490 e. The second-order valence-corrected chi connectivity index (χ2v) is 8.55. The van der Waals surface area contributed by atoms with E-state index in [1.165, 1.54) is 17.4 Å². The molecule has 1 heterocycles. The molecular formula is C25H31NO5S. The summed E-state index contributed by atoms with van der Waals surface area (Å²) in [7, 11) is 0. The van der Waals surface area contributed by atoms with Gasteiger partial charge in [0.15, 0.2) is 11.5 Å². The van der Waals surface area contributed by atoms with Crippen LogP contribution in [0.15, 0.2) is 24.3 Å². The number of nitrogens with one attached hydrogen (secondary N) is 1. The van der Waals surface area contributed by atoms with E-state index in [4.69, 9.17) is 14.2 Å². The topological polar surface area (TPSA) is 73.9 Å². The summed E-state index contributed by atoms with van der Waals surface area (Å²) in [6.45, 7) is 7.29. The lowest BCUT2D eigenvalue weighted by atomic mass is 10.1. The summed E-state index contributed by atoms with van der Waals surface area (Å²) < 4.78 is 16.7. The van der Waals surface area contributed by atoms with Gasteiger partial charge in [-0.1, -0.05) is 19.4 Å². The Labute approximate surface area is 193 Å². The van der Waals surface area contributed by atoms with Crippen LogP contribution in [-0.4, -0.2) is 31.7 Å². The number of rotatable bonds is 11. The zero-order valence-electron chi connectivity index (χ0n) is 19.0. The maximum atomic E-state index is 12.6. The average molecular weight is 458 g/mol. The number of aryl methyl sites for hydroxylation is 1. The third kappa shape index (κ3) is 5.91. The Kier molecular flexibility index (Phi) is 8.73. The van der Waals surface area contributed by atoms with Gasteiger partial charge in [0.2, 0.25) is 5.91 Å². The van der Waals surface area contributed by atoms with Crippen LogP contribution in [0.2, 0.25) is 0 Å². The molecule has 0 saturated heterocycles. The van der Waals surface area contributed by atoms with E-state index in [0.29, 0.717) is 41.9 Å². The molecule has 1 aliphatic carbocycles. The normalized spacial score (nSPS) is 12.6. The number of benzene rings is 1. The highest BCUT2D eigenvalue weighted by molar-refractivity contribution is 7.17. The fourth-order valence-corrected chi connectivity index (χ4v) is 4.86. The number of thiophene rings is 1. The second-order valence-electron chi connectivity index (χ2n) is 7.45. The zero-order chi connectivity index (χ0) is 22.9. The number of unbranched alkanes of at least 4 members (excludes halogenated alkanes) is 1. The quantitative estimate of drug-likeness (QED) is 0.268. The lowest BCUT2D eigenvalue weighted by Crippen LogP contribution is -2.13. The first kappa shape index (κ1) is 23.9. The lowest BCUT2D eigenvalue weighted by Gasteiger charge is -2.12. The molecule has 1 amide bonds.